The molecule has 0 bridgehead atoms. The molecule has 1 aromatic carbocycles. The number of aromatic carboxylic acids is 1. The van der Waals surface area contributed by atoms with Gasteiger partial charge in [-0.3, -0.25) is 4.98 Å². The number of ether oxygens (including phenoxy) is 1. The third-order valence-corrected chi connectivity index (χ3v) is 2.95. The van der Waals surface area contributed by atoms with E-state index in [0.29, 0.717) is 18.1 Å². The molecule has 0 fully saturated rings. The Hall–Kier alpha value is -2.62. The first-order valence-corrected chi connectivity index (χ1v) is 6.64. The molecular formula is C17H17NO3. The Labute approximate surface area is 123 Å². The molecule has 0 saturated carbocycles. The summed E-state index contributed by atoms with van der Waals surface area (Å²) in [5, 5.41) is 9.23. The molecule has 0 atom stereocenters. The van der Waals surface area contributed by atoms with Gasteiger partial charge >= 0.3 is 5.97 Å². The average molecular weight is 283 g/mol. The minimum absolute atomic E-state index is 0.119. The lowest BCUT2D eigenvalue weighted by Gasteiger charge is -2.10. The van der Waals surface area contributed by atoms with Crippen molar-refractivity contribution in [2.24, 2.45) is 0 Å². The fraction of sp³-hybridized carbons (Fsp3) is 0.176. The van der Waals surface area contributed by atoms with Gasteiger partial charge in [-0.05, 0) is 25.5 Å². The lowest BCUT2D eigenvalue weighted by atomic mass is 10.1. The van der Waals surface area contributed by atoms with Gasteiger partial charge in [-0.2, -0.15) is 0 Å². The van der Waals surface area contributed by atoms with E-state index in [1.807, 2.05) is 49.4 Å². The molecule has 4 nitrogen and oxygen atoms in total. The highest BCUT2D eigenvalue weighted by atomic mass is 16.5. The number of carbonyl (C=O) groups is 1. The minimum Gasteiger partial charge on any atom is -0.488 e. The van der Waals surface area contributed by atoms with Gasteiger partial charge in [0.1, 0.15) is 17.9 Å². The van der Waals surface area contributed by atoms with Crippen molar-refractivity contribution in [2.45, 2.75) is 13.8 Å². The molecule has 0 amide bonds. The van der Waals surface area contributed by atoms with E-state index in [1.165, 1.54) is 0 Å². The predicted octanol–water partition coefficient (Wildman–Crippen LogP) is 3.49. The molecule has 0 aliphatic carbocycles. The van der Waals surface area contributed by atoms with Gasteiger partial charge in [0.2, 0.25) is 0 Å². The van der Waals surface area contributed by atoms with E-state index in [9.17, 15) is 9.90 Å². The van der Waals surface area contributed by atoms with Crippen LogP contribution in [-0.2, 0) is 0 Å². The van der Waals surface area contributed by atoms with Crippen LogP contribution in [0.3, 0.4) is 0 Å². The van der Waals surface area contributed by atoms with Gasteiger partial charge < -0.3 is 9.84 Å². The van der Waals surface area contributed by atoms with E-state index in [1.54, 1.807) is 13.0 Å². The summed E-state index contributed by atoms with van der Waals surface area (Å²) in [6.07, 6.45) is 3.79. The first-order chi connectivity index (χ1) is 10.1. The Bertz CT molecular complexity index is 663. The number of carboxylic acids is 1. The molecule has 1 heterocycles. The van der Waals surface area contributed by atoms with Gasteiger partial charge in [0.15, 0.2) is 0 Å². The number of aromatic nitrogens is 1. The Morgan fingerprint density at radius 2 is 2.00 bits per heavy atom. The monoisotopic (exact) mass is 283 g/mol. The molecule has 0 aliphatic heterocycles. The summed E-state index contributed by atoms with van der Waals surface area (Å²) in [6, 6.07) is 11.5. The van der Waals surface area contributed by atoms with Crippen LogP contribution in [0.25, 0.3) is 6.08 Å². The molecule has 0 spiro atoms. The summed E-state index contributed by atoms with van der Waals surface area (Å²) < 4.78 is 5.57. The molecule has 2 aromatic rings. The van der Waals surface area contributed by atoms with Crippen molar-refractivity contribution in [1.82, 2.24) is 4.98 Å². The number of nitrogens with zero attached hydrogens (tertiary/aromatic N) is 1. The summed E-state index contributed by atoms with van der Waals surface area (Å²) in [5.41, 5.74) is 2.39. The highest BCUT2D eigenvalue weighted by molar-refractivity contribution is 5.92. The second-order valence-corrected chi connectivity index (χ2v) is 4.65. The van der Waals surface area contributed by atoms with Crippen molar-refractivity contribution in [1.29, 1.82) is 0 Å². The third-order valence-electron chi connectivity index (χ3n) is 2.95. The SMILES string of the molecule is Cc1cc(OC/C=C/c2ccccc2)c(C(=O)O)c(C)n1. The van der Waals surface area contributed by atoms with Crippen LogP contribution in [0.15, 0.2) is 42.5 Å². The van der Waals surface area contributed by atoms with Gasteiger partial charge in [-0.15, -0.1) is 0 Å². The maximum atomic E-state index is 11.3. The fourth-order valence-corrected chi connectivity index (χ4v) is 2.05. The summed E-state index contributed by atoms with van der Waals surface area (Å²) >= 11 is 0. The zero-order valence-corrected chi connectivity index (χ0v) is 12.0. The van der Waals surface area contributed by atoms with Gasteiger partial charge in [0.25, 0.3) is 0 Å². The molecular weight excluding hydrogens is 266 g/mol. The first kappa shape index (κ1) is 14.8. The standard InChI is InChI=1S/C17H17NO3/c1-12-11-15(16(17(19)20)13(2)18-12)21-10-6-9-14-7-4-3-5-8-14/h3-9,11H,10H2,1-2H3,(H,19,20)/b9-6+. The summed E-state index contributed by atoms with van der Waals surface area (Å²) in [6.45, 7) is 3.78. The van der Waals surface area contributed by atoms with E-state index in [-0.39, 0.29) is 5.56 Å². The first-order valence-electron chi connectivity index (χ1n) is 6.64. The second kappa shape index (κ2) is 6.70. The van der Waals surface area contributed by atoms with Crippen LogP contribution in [-0.4, -0.2) is 22.7 Å². The number of rotatable bonds is 5. The van der Waals surface area contributed by atoms with Crippen molar-refractivity contribution >= 4 is 12.0 Å². The van der Waals surface area contributed by atoms with Crippen LogP contribution >= 0.6 is 0 Å². The van der Waals surface area contributed by atoms with E-state index < -0.39 is 5.97 Å². The molecule has 1 N–H and O–H groups in total. The van der Waals surface area contributed by atoms with Gasteiger partial charge in [0.05, 0.1) is 5.69 Å². The third kappa shape index (κ3) is 3.92. The average Bonchev–Trinajstić information content (AvgIpc) is 2.43. The highest BCUT2D eigenvalue weighted by Gasteiger charge is 2.16. The summed E-state index contributed by atoms with van der Waals surface area (Å²) in [5.74, 6) is -0.674. The van der Waals surface area contributed by atoms with Crippen LogP contribution in [0.4, 0.5) is 0 Å². The Morgan fingerprint density at radius 3 is 2.67 bits per heavy atom. The van der Waals surface area contributed by atoms with Crippen LogP contribution in [0.2, 0.25) is 0 Å². The number of hydrogen-bond acceptors (Lipinski definition) is 3. The Morgan fingerprint density at radius 1 is 1.29 bits per heavy atom. The summed E-state index contributed by atoms with van der Waals surface area (Å²) in [4.78, 5) is 15.4. The molecule has 1 aromatic heterocycles. The van der Waals surface area contributed by atoms with E-state index in [4.69, 9.17) is 4.74 Å². The lowest BCUT2D eigenvalue weighted by Crippen LogP contribution is -2.08. The number of pyridine rings is 1. The van der Waals surface area contributed by atoms with Crippen molar-refractivity contribution in [3.8, 4) is 5.75 Å². The van der Waals surface area contributed by atoms with Gasteiger partial charge in [-0.25, -0.2) is 4.79 Å². The lowest BCUT2D eigenvalue weighted by molar-refractivity contribution is 0.0691. The Balaban J connectivity index is 2.10. The van der Waals surface area contributed by atoms with Crippen molar-refractivity contribution < 1.29 is 14.6 Å². The maximum Gasteiger partial charge on any atom is 0.341 e. The van der Waals surface area contributed by atoms with Crippen LogP contribution in [0.1, 0.15) is 27.3 Å². The number of benzene rings is 1. The molecule has 2 rings (SSSR count). The molecule has 0 saturated heterocycles. The zero-order chi connectivity index (χ0) is 15.2. The summed E-state index contributed by atoms with van der Waals surface area (Å²) in [7, 11) is 0. The molecule has 108 valence electrons. The number of hydrogen-bond donors (Lipinski definition) is 1. The largest absolute Gasteiger partial charge is 0.488 e. The van der Waals surface area contributed by atoms with Gasteiger partial charge in [-0.1, -0.05) is 36.4 Å². The number of aryl methyl sites for hydroxylation is 2. The molecule has 0 aliphatic rings. The maximum absolute atomic E-state index is 11.3. The number of carboxylic acid groups (broad SMARTS) is 1. The van der Waals surface area contributed by atoms with E-state index in [0.717, 1.165) is 11.3 Å². The van der Waals surface area contributed by atoms with Crippen LogP contribution in [0, 0.1) is 13.8 Å². The predicted molar refractivity (Wildman–Crippen MR) is 81.6 cm³/mol. The van der Waals surface area contributed by atoms with Gasteiger partial charge in [0, 0.05) is 11.8 Å². The van der Waals surface area contributed by atoms with Crippen molar-refractivity contribution in [3.63, 3.8) is 0 Å². The fourth-order valence-electron chi connectivity index (χ4n) is 2.05. The van der Waals surface area contributed by atoms with Crippen molar-refractivity contribution in [2.75, 3.05) is 6.61 Å². The smallest absolute Gasteiger partial charge is 0.341 e. The molecule has 0 radical (unpaired) electrons. The normalized spacial score (nSPS) is 10.8. The second-order valence-electron chi connectivity index (χ2n) is 4.65. The zero-order valence-electron chi connectivity index (χ0n) is 12.0. The minimum atomic E-state index is -1.03. The molecule has 0 unspecified atom stereocenters. The Kier molecular flexibility index (Phi) is 4.72. The van der Waals surface area contributed by atoms with Crippen LogP contribution in [0.5, 0.6) is 5.75 Å². The topological polar surface area (TPSA) is 59.4 Å². The van der Waals surface area contributed by atoms with E-state index >= 15 is 0 Å². The van der Waals surface area contributed by atoms with Crippen molar-refractivity contribution in [3.05, 3.63) is 65.0 Å². The molecule has 21 heavy (non-hydrogen) atoms. The quantitative estimate of drug-likeness (QED) is 0.912. The van der Waals surface area contributed by atoms with E-state index in [2.05, 4.69) is 4.98 Å². The molecule has 4 heteroatoms. The van der Waals surface area contributed by atoms with Crippen LogP contribution < -0.4 is 4.74 Å². The highest BCUT2D eigenvalue weighted by Crippen LogP contribution is 2.22.